The van der Waals surface area contributed by atoms with Crippen molar-refractivity contribution in [3.8, 4) is 0 Å². The van der Waals surface area contributed by atoms with Gasteiger partial charge in [-0.2, -0.15) is 5.10 Å². The maximum absolute atomic E-state index is 13.4. The molecule has 0 atom stereocenters. The van der Waals surface area contributed by atoms with Gasteiger partial charge in [0.2, 0.25) is 0 Å². The Morgan fingerprint density at radius 1 is 0.900 bits per heavy atom. The molecule has 0 saturated carbocycles. The van der Waals surface area contributed by atoms with Crippen LogP contribution >= 0.6 is 12.2 Å². The summed E-state index contributed by atoms with van der Waals surface area (Å²) >= 11 is 5.60. The zero-order chi connectivity index (χ0) is 21.3. The van der Waals surface area contributed by atoms with Crippen molar-refractivity contribution in [1.82, 2.24) is 9.78 Å². The molecule has 7 heteroatoms. The molecule has 0 unspecified atom stereocenters. The highest BCUT2D eigenvalue weighted by molar-refractivity contribution is 7.81. The van der Waals surface area contributed by atoms with Gasteiger partial charge in [0, 0.05) is 17.8 Å². The van der Waals surface area contributed by atoms with E-state index in [4.69, 9.17) is 12.2 Å². The monoisotopic (exact) mass is 416 g/mol. The Bertz CT molecular complexity index is 1090. The molecule has 0 spiro atoms. The third-order valence-electron chi connectivity index (χ3n) is 5.02. The minimum atomic E-state index is -0.452. The van der Waals surface area contributed by atoms with Crippen LogP contribution in [0.1, 0.15) is 18.2 Å². The number of rotatable bonds is 4. The van der Waals surface area contributed by atoms with E-state index in [9.17, 15) is 9.59 Å². The average Bonchev–Trinajstić information content (AvgIpc) is 3.12. The zero-order valence-corrected chi connectivity index (χ0v) is 17.5. The van der Waals surface area contributed by atoms with Gasteiger partial charge >= 0.3 is 0 Å². The van der Waals surface area contributed by atoms with Gasteiger partial charge in [0.05, 0.1) is 17.6 Å². The van der Waals surface area contributed by atoms with Gasteiger partial charge in [-0.15, -0.1) is 0 Å². The Morgan fingerprint density at radius 3 is 1.83 bits per heavy atom. The molecule has 2 amide bonds. The third kappa shape index (κ3) is 3.33. The molecule has 0 bridgehead atoms. The number of anilines is 2. The van der Waals surface area contributed by atoms with Gasteiger partial charge in [0.15, 0.2) is 5.11 Å². The van der Waals surface area contributed by atoms with Gasteiger partial charge in [0.1, 0.15) is 5.57 Å². The second kappa shape index (κ2) is 8.04. The lowest BCUT2D eigenvalue weighted by Gasteiger charge is -2.36. The highest BCUT2D eigenvalue weighted by atomic mass is 32.1. The molecule has 0 aliphatic carbocycles. The standard InChI is InChI=1S/C23H20N4O2S/c1-3-25-16(2)17(15-24-25)14-20-21(28)26(18-10-6-4-7-11-18)23(30)27(22(20)29)19-12-8-5-9-13-19/h4-15H,3H2,1-2H3. The van der Waals surface area contributed by atoms with E-state index < -0.39 is 11.8 Å². The summed E-state index contributed by atoms with van der Waals surface area (Å²) in [6, 6.07) is 18.2. The molecule has 1 aromatic heterocycles. The fourth-order valence-corrected chi connectivity index (χ4v) is 3.79. The molecule has 4 rings (SSSR count). The predicted molar refractivity (Wildman–Crippen MR) is 121 cm³/mol. The van der Waals surface area contributed by atoms with Crippen molar-refractivity contribution < 1.29 is 9.59 Å². The molecule has 150 valence electrons. The molecule has 30 heavy (non-hydrogen) atoms. The molecule has 2 heterocycles. The number of hydrogen-bond acceptors (Lipinski definition) is 4. The minimum Gasteiger partial charge on any atom is -0.270 e. The van der Waals surface area contributed by atoms with Crippen LogP contribution in [-0.2, 0) is 16.1 Å². The minimum absolute atomic E-state index is 0.0371. The van der Waals surface area contributed by atoms with Crippen molar-refractivity contribution in [2.75, 3.05) is 9.80 Å². The number of nitrogens with zero attached hydrogens (tertiary/aromatic N) is 4. The van der Waals surface area contributed by atoms with E-state index in [1.165, 1.54) is 9.80 Å². The van der Waals surface area contributed by atoms with E-state index in [0.717, 1.165) is 11.3 Å². The van der Waals surface area contributed by atoms with Crippen LogP contribution in [0.3, 0.4) is 0 Å². The lowest BCUT2D eigenvalue weighted by atomic mass is 10.1. The number of carbonyl (C=O) groups excluding carboxylic acids is 2. The Morgan fingerprint density at radius 2 is 1.40 bits per heavy atom. The van der Waals surface area contributed by atoms with Crippen LogP contribution < -0.4 is 9.80 Å². The molecule has 1 fully saturated rings. The van der Waals surface area contributed by atoms with Crippen molar-refractivity contribution in [2.45, 2.75) is 20.4 Å². The Hall–Kier alpha value is -3.58. The summed E-state index contributed by atoms with van der Waals surface area (Å²) < 4.78 is 1.82. The summed E-state index contributed by atoms with van der Waals surface area (Å²) in [7, 11) is 0. The fraction of sp³-hybridized carbons (Fsp3) is 0.130. The molecule has 2 aromatic carbocycles. The Kier molecular flexibility index (Phi) is 5.29. The van der Waals surface area contributed by atoms with Crippen LogP contribution in [0.25, 0.3) is 6.08 Å². The molecular weight excluding hydrogens is 396 g/mol. The predicted octanol–water partition coefficient (Wildman–Crippen LogP) is 3.96. The lowest BCUT2D eigenvalue weighted by Crippen LogP contribution is -2.56. The summed E-state index contributed by atoms with van der Waals surface area (Å²) in [5.74, 6) is -0.904. The van der Waals surface area contributed by atoms with Crippen LogP contribution in [0.2, 0.25) is 0 Å². The number of benzene rings is 2. The van der Waals surface area contributed by atoms with E-state index in [-0.39, 0.29) is 10.7 Å². The maximum Gasteiger partial charge on any atom is 0.270 e. The van der Waals surface area contributed by atoms with Crippen LogP contribution in [0, 0.1) is 6.92 Å². The molecule has 3 aromatic rings. The number of carbonyl (C=O) groups is 2. The normalized spacial score (nSPS) is 14.5. The van der Waals surface area contributed by atoms with E-state index in [1.54, 1.807) is 36.5 Å². The summed E-state index contributed by atoms with van der Waals surface area (Å²) in [4.78, 5) is 29.6. The molecule has 0 radical (unpaired) electrons. The summed E-state index contributed by atoms with van der Waals surface area (Å²) in [6.45, 7) is 4.60. The Balaban J connectivity index is 1.87. The van der Waals surface area contributed by atoms with Crippen molar-refractivity contribution in [3.63, 3.8) is 0 Å². The van der Waals surface area contributed by atoms with Gasteiger partial charge in [-0.3, -0.25) is 24.1 Å². The first-order valence-corrected chi connectivity index (χ1v) is 10.0. The lowest BCUT2D eigenvalue weighted by molar-refractivity contribution is -0.120. The second-order valence-corrected chi connectivity index (χ2v) is 7.16. The van der Waals surface area contributed by atoms with Crippen LogP contribution in [0.4, 0.5) is 11.4 Å². The molecule has 1 aliphatic rings. The molecular formula is C23H20N4O2S. The van der Waals surface area contributed by atoms with Crippen LogP contribution in [0.5, 0.6) is 0 Å². The second-order valence-electron chi connectivity index (χ2n) is 6.79. The highest BCUT2D eigenvalue weighted by Crippen LogP contribution is 2.30. The quantitative estimate of drug-likeness (QED) is 0.367. The number of thiocarbonyl (C=S) groups is 1. The summed E-state index contributed by atoms with van der Waals surface area (Å²) in [5.41, 5.74) is 2.86. The molecule has 1 saturated heterocycles. The SMILES string of the molecule is CCn1ncc(C=C2C(=O)N(c3ccccc3)C(=S)N(c3ccccc3)C2=O)c1C. The van der Waals surface area contributed by atoms with Crippen molar-refractivity contribution in [3.05, 3.63) is 83.7 Å². The average molecular weight is 417 g/mol. The van der Waals surface area contributed by atoms with Gasteiger partial charge in [-0.05, 0) is 56.4 Å². The van der Waals surface area contributed by atoms with Gasteiger partial charge in [-0.25, -0.2) is 0 Å². The van der Waals surface area contributed by atoms with Crippen LogP contribution in [-0.4, -0.2) is 26.7 Å². The van der Waals surface area contributed by atoms with Gasteiger partial charge < -0.3 is 0 Å². The first-order chi connectivity index (χ1) is 14.5. The van der Waals surface area contributed by atoms with Crippen molar-refractivity contribution in [2.24, 2.45) is 0 Å². The largest absolute Gasteiger partial charge is 0.270 e. The van der Waals surface area contributed by atoms with E-state index >= 15 is 0 Å². The van der Waals surface area contributed by atoms with E-state index in [1.807, 2.05) is 54.9 Å². The highest BCUT2D eigenvalue weighted by Gasteiger charge is 2.41. The van der Waals surface area contributed by atoms with Crippen molar-refractivity contribution >= 4 is 46.6 Å². The number of amides is 2. The number of aromatic nitrogens is 2. The maximum atomic E-state index is 13.4. The van der Waals surface area contributed by atoms with E-state index in [2.05, 4.69) is 5.10 Å². The zero-order valence-electron chi connectivity index (χ0n) is 16.6. The smallest absolute Gasteiger partial charge is 0.270 e. The topological polar surface area (TPSA) is 58.4 Å². The Labute approximate surface area is 180 Å². The van der Waals surface area contributed by atoms with Gasteiger partial charge in [0.25, 0.3) is 11.8 Å². The molecule has 6 nitrogen and oxygen atoms in total. The number of hydrogen-bond donors (Lipinski definition) is 0. The third-order valence-corrected chi connectivity index (χ3v) is 5.38. The summed E-state index contributed by atoms with van der Waals surface area (Å²) in [5, 5.41) is 4.44. The van der Waals surface area contributed by atoms with E-state index in [0.29, 0.717) is 17.9 Å². The summed E-state index contributed by atoms with van der Waals surface area (Å²) in [6.07, 6.45) is 3.27. The molecule has 0 N–H and O–H groups in total. The number of aryl methyl sites for hydroxylation is 1. The molecule has 1 aliphatic heterocycles. The fourth-order valence-electron chi connectivity index (χ4n) is 3.42. The van der Waals surface area contributed by atoms with Gasteiger partial charge in [-0.1, -0.05) is 36.4 Å². The number of para-hydroxylation sites is 2. The first-order valence-electron chi connectivity index (χ1n) is 9.60. The van der Waals surface area contributed by atoms with Crippen LogP contribution in [0.15, 0.2) is 72.4 Å². The van der Waals surface area contributed by atoms with Crippen molar-refractivity contribution in [1.29, 1.82) is 0 Å². The first kappa shape index (κ1) is 19.7.